The molecule has 0 saturated carbocycles. The van der Waals surface area contributed by atoms with Crippen LogP contribution in [0.3, 0.4) is 0 Å². The van der Waals surface area contributed by atoms with E-state index in [9.17, 15) is 0 Å². The SMILES string of the molecule is CN(C)c1ccc(C2=CC(=C3C=CC(=[N+](C)C)C=C3)SC(C(C)(C)C)=C2)cc1.[Cl-]. The van der Waals surface area contributed by atoms with Gasteiger partial charge in [0.05, 0.1) is 0 Å². The predicted octanol–water partition coefficient (Wildman–Crippen LogP) is 2.91. The number of anilines is 1. The van der Waals surface area contributed by atoms with E-state index in [2.05, 4.69) is 119 Å². The zero-order chi connectivity index (χ0) is 20.5. The van der Waals surface area contributed by atoms with Crippen molar-refractivity contribution in [3.05, 3.63) is 81.7 Å². The maximum Gasteiger partial charge on any atom is 0.199 e. The van der Waals surface area contributed by atoms with Gasteiger partial charge in [-0.15, -0.1) is 0 Å². The maximum atomic E-state index is 2.35. The molecule has 0 atom stereocenters. The number of rotatable bonds is 2. The van der Waals surface area contributed by atoms with Crippen LogP contribution in [-0.2, 0) is 0 Å². The Bertz CT molecular complexity index is 928. The van der Waals surface area contributed by atoms with Crippen molar-refractivity contribution in [3.8, 4) is 0 Å². The molecule has 0 aromatic heterocycles. The second kappa shape index (κ2) is 9.23. The molecule has 3 rings (SSSR count). The summed E-state index contributed by atoms with van der Waals surface area (Å²) >= 11 is 1.89. The van der Waals surface area contributed by atoms with E-state index in [4.69, 9.17) is 0 Å². The zero-order valence-corrected chi connectivity index (χ0v) is 20.0. The first-order valence-corrected chi connectivity index (χ1v) is 10.5. The number of benzene rings is 1. The van der Waals surface area contributed by atoms with Crippen LogP contribution in [-0.4, -0.2) is 38.5 Å². The fourth-order valence-electron chi connectivity index (χ4n) is 3.06. The molecule has 154 valence electrons. The molecule has 1 aromatic rings. The van der Waals surface area contributed by atoms with Crippen molar-refractivity contribution in [2.75, 3.05) is 33.1 Å². The lowest BCUT2D eigenvalue weighted by Crippen LogP contribution is -3.00. The van der Waals surface area contributed by atoms with Crippen molar-refractivity contribution in [1.29, 1.82) is 0 Å². The fraction of sp³-hybridized carbons (Fsp3) is 0.320. The summed E-state index contributed by atoms with van der Waals surface area (Å²) in [6.45, 7) is 6.87. The summed E-state index contributed by atoms with van der Waals surface area (Å²) in [6, 6.07) is 8.82. The van der Waals surface area contributed by atoms with Gasteiger partial charge in [-0.1, -0.05) is 44.7 Å². The van der Waals surface area contributed by atoms with Crippen molar-refractivity contribution in [3.63, 3.8) is 0 Å². The highest BCUT2D eigenvalue weighted by Crippen LogP contribution is 2.46. The van der Waals surface area contributed by atoms with Gasteiger partial charge < -0.3 is 17.3 Å². The van der Waals surface area contributed by atoms with Gasteiger partial charge >= 0.3 is 0 Å². The summed E-state index contributed by atoms with van der Waals surface area (Å²) in [5.74, 6) is 0. The Kier molecular flexibility index (Phi) is 7.42. The predicted molar refractivity (Wildman–Crippen MR) is 126 cm³/mol. The van der Waals surface area contributed by atoms with E-state index in [0.717, 1.165) is 0 Å². The molecular formula is C25H31ClN2S. The lowest BCUT2D eigenvalue weighted by atomic mass is 9.92. The van der Waals surface area contributed by atoms with E-state index in [0.29, 0.717) is 0 Å². The van der Waals surface area contributed by atoms with Gasteiger partial charge in [0.15, 0.2) is 5.71 Å². The first-order valence-electron chi connectivity index (χ1n) is 9.69. The number of thioether (sulfide) groups is 1. The van der Waals surface area contributed by atoms with Gasteiger partial charge in [-0.3, -0.25) is 0 Å². The molecule has 0 bridgehead atoms. The van der Waals surface area contributed by atoms with E-state index < -0.39 is 0 Å². The molecule has 29 heavy (non-hydrogen) atoms. The number of hydrogen-bond donors (Lipinski definition) is 0. The minimum absolute atomic E-state index is 0. The van der Waals surface area contributed by atoms with E-state index in [1.54, 1.807) is 0 Å². The molecule has 2 aliphatic rings. The Labute approximate surface area is 186 Å². The lowest BCUT2D eigenvalue weighted by molar-refractivity contribution is -0.462. The highest BCUT2D eigenvalue weighted by molar-refractivity contribution is 8.07. The standard InChI is InChI=1S/C25H31N2S.ClH/c1-25(2,3)24-17-20(18-8-12-21(13-9-18)26(4)5)16-23(28-24)19-10-14-22(15-11-19)27(6)7;/h8-17H,1-7H3;1H/q+1;/p-1. The summed E-state index contributed by atoms with van der Waals surface area (Å²) in [5, 5.41) is 0. The number of hydrogen-bond acceptors (Lipinski definition) is 2. The third-order valence-corrected chi connectivity index (χ3v) is 6.44. The van der Waals surface area contributed by atoms with Crippen molar-refractivity contribution in [2.24, 2.45) is 5.41 Å². The average Bonchev–Trinajstić information content (AvgIpc) is 2.67. The van der Waals surface area contributed by atoms with Crippen molar-refractivity contribution in [1.82, 2.24) is 0 Å². The molecule has 0 fully saturated rings. The molecule has 1 aromatic carbocycles. The van der Waals surface area contributed by atoms with E-state index >= 15 is 0 Å². The quantitative estimate of drug-likeness (QED) is 0.671. The van der Waals surface area contributed by atoms with Gasteiger partial charge in [-0.25, -0.2) is 4.58 Å². The molecule has 0 unspecified atom stereocenters. The molecule has 1 aliphatic carbocycles. The Morgan fingerprint density at radius 1 is 0.862 bits per heavy atom. The smallest absolute Gasteiger partial charge is 0.199 e. The normalized spacial score (nSPS) is 16.3. The van der Waals surface area contributed by atoms with Gasteiger partial charge in [0.25, 0.3) is 0 Å². The van der Waals surface area contributed by atoms with Crippen molar-refractivity contribution >= 4 is 28.7 Å². The summed E-state index contributed by atoms with van der Waals surface area (Å²) in [5.41, 5.74) is 6.37. The van der Waals surface area contributed by atoms with Crippen LogP contribution in [0.15, 0.2) is 76.1 Å². The van der Waals surface area contributed by atoms with Gasteiger partial charge in [-0.2, -0.15) is 0 Å². The molecule has 4 heteroatoms. The zero-order valence-electron chi connectivity index (χ0n) is 18.5. The van der Waals surface area contributed by atoms with E-state index in [-0.39, 0.29) is 17.8 Å². The van der Waals surface area contributed by atoms with Gasteiger partial charge in [0, 0.05) is 36.8 Å². The van der Waals surface area contributed by atoms with Crippen LogP contribution >= 0.6 is 11.8 Å². The van der Waals surface area contributed by atoms with Gasteiger partial charge in [0.1, 0.15) is 14.1 Å². The second-order valence-corrected chi connectivity index (χ2v) is 9.79. The van der Waals surface area contributed by atoms with Crippen LogP contribution in [0, 0.1) is 5.41 Å². The molecule has 1 aliphatic heterocycles. The minimum atomic E-state index is 0. The molecule has 0 spiro atoms. The van der Waals surface area contributed by atoms with Crippen molar-refractivity contribution in [2.45, 2.75) is 20.8 Å². The molecule has 2 nitrogen and oxygen atoms in total. The summed E-state index contributed by atoms with van der Waals surface area (Å²) in [7, 11) is 8.31. The van der Waals surface area contributed by atoms with Crippen LogP contribution < -0.4 is 17.3 Å². The average molecular weight is 427 g/mol. The first-order chi connectivity index (χ1) is 13.1. The van der Waals surface area contributed by atoms with E-state index in [1.807, 2.05) is 11.8 Å². The first kappa shape index (κ1) is 23.3. The molecule has 0 saturated heterocycles. The Morgan fingerprint density at radius 3 is 1.93 bits per heavy atom. The van der Waals surface area contributed by atoms with Gasteiger partial charge in [-0.05, 0) is 63.5 Å². The molecule has 0 N–H and O–H groups in total. The third-order valence-electron chi connectivity index (χ3n) is 4.92. The number of nitrogens with zero attached hydrogens (tertiary/aromatic N) is 2. The number of allylic oxidation sites excluding steroid dienone is 9. The molecule has 1 heterocycles. The Morgan fingerprint density at radius 2 is 1.45 bits per heavy atom. The highest BCUT2D eigenvalue weighted by Gasteiger charge is 2.24. The van der Waals surface area contributed by atoms with Crippen LogP contribution in [0.1, 0.15) is 26.3 Å². The van der Waals surface area contributed by atoms with Crippen LogP contribution in [0.25, 0.3) is 5.57 Å². The van der Waals surface area contributed by atoms with Crippen LogP contribution in [0.4, 0.5) is 5.69 Å². The lowest BCUT2D eigenvalue weighted by Gasteiger charge is -2.27. The largest absolute Gasteiger partial charge is 1.00 e. The second-order valence-electron chi connectivity index (χ2n) is 8.71. The van der Waals surface area contributed by atoms with Crippen LogP contribution in [0.5, 0.6) is 0 Å². The van der Waals surface area contributed by atoms with E-state index in [1.165, 1.54) is 37.9 Å². The van der Waals surface area contributed by atoms with Gasteiger partial charge in [0.2, 0.25) is 0 Å². The topological polar surface area (TPSA) is 6.25 Å². The fourth-order valence-corrected chi connectivity index (χ4v) is 4.22. The summed E-state index contributed by atoms with van der Waals surface area (Å²) < 4.78 is 2.14. The Hall–Kier alpha value is -1.97. The summed E-state index contributed by atoms with van der Waals surface area (Å²) in [6.07, 6.45) is 13.5. The third kappa shape index (κ3) is 5.55. The van der Waals surface area contributed by atoms with Crippen LogP contribution in [0.2, 0.25) is 0 Å². The highest BCUT2D eigenvalue weighted by atomic mass is 35.5. The molecule has 0 radical (unpaired) electrons. The monoisotopic (exact) mass is 426 g/mol. The molecule has 0 amide bonds. The summed E-state index contributed by atoms with van der Waals surface area (Å²) in [4.78, 5) is 4.84. The minimum Gasteiger partial charge on any atom is -1.00 e. The number of halogens is 1. The molecular weight excluding hydrogens is 396 g/mol. The van der Waals surface area contributed by atoms with Crippen molar-refractivity contribution < 1.29 is 17.0 Å². The maximum absolute atomic E-state index is 2.35. The Balaban J connectivity index is 0.00000300.